The number of aromatic nitrogens is 1. The van der Waals surface area contributed by atoms with E-state index in [0.717, 1.165) is 19.3 Å². The van der Waals surface area contributed by atoms with Crippen LogP contribution in [0.2, 0.25) is 0 Å². The van der Waals surface area contributed by atoms with Crippen LogP contribution in [0, 0.1) is 5.92 Å². The number of amides is 1. The molecular formula is C28H36N2O9. The number of unbranched alkanes of at least 4 members (excludes halogenated alkanes) is 1. The highest BCUT2D eigenvalue weighted by Crippen LogP contribution is 2.30. The van der Waals surface area contributed by atoms with Gasteiger partial charge in [0.05, 0.1) is 20.3 Å². The molecule has 2 aromatic rings. The minimum Gasteiger partial charge on any atom is -0.493 e. The quantitative estimate of drug-likeness (QED) is 0.332. The summed E-state index contributed by atoms with van der Waals surface area (Å²) in [5, 5.41) is 2.63. The number of nitrogens with one attached hydrogen (secondary N) is 1. The van der Waals surface area contributed by atoms with Gasteiger partial charge in [-0.1, -0.05) is 38.0 Å². The SMILES string of the molecule is CCCCC1C(C)OC(=O)C(NC(=O)c2nccc(OC)c2OCOC(C)=O)COCC1Oc1ccccc1. The van der Waals surface area contributed by atoms with Crippen molar-refractivity contribution in [3.63, 3.8) is 0 Å². The molecule has 2 heterocycles. The van der Waals surface area contributed by atoms with Crippen molar-refractivity contribution in [2.75, 3.05) is 27.1 Å². The summed E-state index contributed by atoms with van der Waals surface area (Å²) in [6, 6.07) is 9.79. The van der Waals surface area contributed by atoms with E-state index in [0.29, 0.717) is 5.75 Å². The Labute approximate surface area is 228 Å². The summed E-state index contributed by atoms with van der Waals surface area (Å²) in [6.45, 7) is 4.76. The van der Waals surface area contributed by atoms with Crippen molar-refractivity contribution < 1.29 is 42.8 Å². The Kier molecular flexibility index (Phi) is 11.4. The maximum absolute atomic E-state index is 13.2. The second kappa shape index (κ2) is 14.9. The molecule has 0 radical (unpaired) electrons. The molecular weight excluding hydrogens is 508 g/mol. The number of rotatable bonds is 11. The van der Waals surface area contributed by atoms with Gasteiger partial charge >= 0.3 is 11.9 Å². The van der Waals surface area contributed by atoms with Gasteiger partial charge < -0.3 is 33.7 Å². The highest BCUT2D eigenvalue weighted by Gasteiger charge is 2.36. The first-order valence-corrected chi connectivity index (χ1v) is 12.9. The zero-order valence-corrected chi connectivity index (χ0v) is 22.7. The fourth-order valence-corrected chi connectivity index (χ4v) is 4.20. The molecule has 1 aromatic carbocycles. The molecule has 1 saturated heterocycles. The lowest BCUT2D eigenvalue weighted by atomic mass is 9.91. The fraction of sp³-hybridized carbons (Fsp3) is 0.500. The van der Waals surface area contributed by atoms with E-state index in [1.54, 1.807) is 0 Å². The van der Waals surface area contributed by atoms with Gasteiger partial charge in [0.1, 0.15) is 18.0 Å². The van der Waals surface area contributed by atoms with Crippen LogP contribution < -0.4 is 19.5 Å². The Bertz CT molecular complexity index is 1100. The van der Waals surface area contributed by atoms with Crippen LogP contribution >= 0.6 is 0 Å². The van der Waals surface area contributed by atoms with E-state index in [1.165, 1.54) is 26.3 Å². The number of para-hydroxylation sites is 1. The van der Waals surface area contributed by atoms with E-state index in [1.807, 2.05) is 37.3 Å². The number of benzene rings is 1. The van der Waals surface area contributed by atoms with Crippen LogP contribution in [0.3, 0.4) is 0 Å². The third kappa shape index (κ3) is 8.57. The van der Waals surface area contributed by atoms with E-state index < -0.39 is 36.8 Å². The van der Waals surface area contributed by atoms with Crippen LogP contribution in [-0.2, 0) is 23.8 Å². The normalized spacial score (nSPS) is 21.4. The summed E-state index contributed by atoms with van der Waals surface area (Å²) >= 11 is 0. The van der Waals surface area contributed by atoms with Crippen molar-refractivity contribution >= 4 is 17.8 Å². The first-order valence-electron chi connectivity index (χ1n) is 12.9. The van der Waals surface area contributed by atoms with Gasteiger partial charge in [-0.25, -0.2) is 9.78 Å². The molecule has 11 heteroatoms. The largest absolute Gasteiger partial charge is 0.493 e. The van der Waals surface area contributed by atoms with Crippen LogP contribution in [0.25, 0.3) is 0 Å². The Hall–Kier alpha value is -3.86. The van der Waals surface area contributed by atoms with Gasteiger partial charge in [-0.15, -0.1) is 0 Å². The number of carbonyl (C=O) groups excluding carboxylic acids is 3. The van der Waals surface area contributed by atoms with Crippen LogP contribution in [-0.4, -0.2) is 68.2 Å². The number of pyridine rings is 1. The van der Waals surface area contributed by atoms with Crippen molar-refractivity contribution in [3.8, 4) is 17.2 Å². The zero-order chi connectivity index (χ0) is 28.2. The number of methoxy groups -OCH3 is 1. The molecule has 1 aliphatic rings. The summed E-state index contributed by atoms with van der Waals surface area (Å²) in [5.74, 6) is -1.18. The predicted octanol–water partition coefficient (Wildman–Crippen LogP) is 3.30. The lowest BCUT2D eigenvalue weighted by Crippen LogP contribution is -2.46. The molecule has 0 bridgehead atoms. The molecule has 3 rings (SSSR count). The lowest BCUT2D eigenvalue weighted by molar-refractivity contribution is -0.154. The maximum Gasteiger partial charge on any atom is 0.331 e. The van der Waals surface area contributed by atoms with E-state index >= 15 is 0 Å². The van der Waals surface area contributed by atoms with Crippen LogP contribution in [0.5, 0.6) is 17.2 Å². The van der Waals surface area contributed by atoms with Gasteiger partial charge in [-0.3, -0.25) is 9.59 Å². The molecule has 0 aliphatic carbocycles. The highest BCUT2D eigenvalue weighted by atomic mass is 16.7. The second-order valence-corrected chi connectivity index (χ2v) is 9.07. The summed E-state index contributed by atoms with van der Waals surface area (Å²) in [5.41, 5.74) is -0.159. The van der Waals surface area contributed by atoms with Crippen molar-refractivity contribution in [1.29, 1.82) is 0 Å². The molecule has 0 saturated carbocycles. The second-order valence-electron chi connectivity index (χ2n) is 9.07. The van der Waals surface area contributed by atoms with Gasteiger partial charge in [0.25, 0.3) is 5.91 Å². The third-order valence-electron chi connectivity index (χ3n) is 6.23. The molecule has 1 fully saturated rings. The van der Waals surface area contributed by atoms with Crippen molar-refractivity contribution in [2.45, 2.75) is 58.3 Å². The van der Waals surface area contributed by atoms with Gasteiger partial charge in [0, 0.05) is 25.1 Å². The van der Waals surface area contributed by atoms with Crippen molar-refractivity contribution in [2.24, 2.45) is 5.92 Å². The Morgan fingerprint density at radius 1 is 1.15 bits per heavy atom. The molecule has 212 valence electrons. The van der Waals surface area contributed by atoms with E-state index in [2.05, 4.69) is 17.2 Å². The number of cyclic esters (lactones) is 1. The highest BCUT2D eigenvalue weighted by molar-refractivity contribution is 5.98. The molecule has 1 aliphatic heterocycles. The Balaban J connectivity index is 1.77. The Morgan fingerprint density at radius 3 is 2.62 bits per heavy atom. The number of hydrogen-bond acceptors (Lipinski definition) is 10. The number of hydrogen-bond donors (Lipinski definition) is 1. The number of esters is 2. The van der Waals surface area contributed by atoms with E-state index in [-0.39, 0.29) is 42.4 Å². The average Bonchev–Trinajstić information content (AvgIpc) is 2.96. The summed E-state index contributed by atoms with van der Waals surface area (Å²) in [7, 11) is 1.39. The zero-order valence-electron chi connectivity index (χ0n) is 22.7. The molecule has 4 unspecified atom stereocenters. The smallest absolute Gasteiger partial charge is 0.331 e. The van der Waals surface area contributed by atoms with E-state index in [4.69, 9.17) is 28.4 Å². The molecule has 11 nitrogen and oxygen atoms in total. The summed E-state index contributed by atoms with van der Waals surface area (Å²) in [6.07, 6.45) is 3.19. The first kappa shape index (κ1) is 29.7. The standard InChI is InChI=1S/C28H36N2O9/c1-5-6-12-21-18(2)38-28(33)22(15-35-16-24(21)39-20-10-8-7-9-11-20)30-27(32)25-26(37-17-36-19(3)31)23(34-4)13-14-29-25/h7-11,13-14,18,21-22,24H,5-6,12,15-17H2,1-4H3,(H,30,32). The first-order chi connectivity index (χ1) is 18.8. The van der Waals surface area contributed by atoms with Crippen LogP contribution in [0.1, 0.15) is 50.5 Å². The molecule has 1 amide bonds. The topological polar surface area (TPSA) is 132 Å². The number of carbonyl (C=O) groups is 3. The van der Waals surface area contributed by atoms with Crippen LogP contribution in [0.4, 0.5) is 0 Å². The number of nitrogens with zero attached hydrogens (tertiary/aromatic N) is 1. The molecule has 39 heavy (non-hydrogen) atoms. The molecule has 1 aromatic heterocycles. The van der Waals surface area contributed by atoms with Gasteiger partial charge in [0.2, 0.25) is 6.79 Å². The van der Waals surface area contributed by atoms with Gasteiger partial charge in [-0.05, 0) is 25.5 Å². The maximum atomic E-state index is 13.2. The van der Waals surface area contributed by atoms with E-state index in [9.17, 15) is 14.4 Å². The monoisotopic (exact) mass is 544 g/mol. The lowest BCUT2D eigenvalue weighted by Gasteiger charge is -2.31. The van der Waals surface area contributed by atoms with Crippen LogP contribution in [0.15, 0.2) is 42.6 Å². The summed E-state index contributed by atoms with van der Waals surface area (Å²) in [4.78, 5) is 41.6. The minimum absolute atomic E-state index is 0.0413. The van der Waals surface area contributed by atoms with Crippen molar-refractivity contribution in [3.05, 3.63) is 48.3 Å². The molecule has 0 spiro atoms. The van der Waals surface area contributed by atoms with Gasteiger partial charge in [-0.2, -0.15) is 0 Å². The molecule has 1 N–H and O–H groups in total. The van der Waals surface area contributed by atoms with Crippen molar-refractivity contribution in [1.82, 2.24) is 10.3 Å². The Morgan fingerprint density at radius 2 is 1.92 bits per heavy atom. The van der Waals surface area contributed by atoms with Gasteiger partial charge in [0.15, 0.2) is 23.2 Å². The minimum atomic E-state index is -1.11. The number of ether oxygens (including phenoxy) is 6. The molecule has 4 atom stereocenters. The average molecular weight is 545 g/mol. The summed E-state index contributed by atoms with van der Waals surface area (Å²) < 4.78 is 33.5. The third-order valence-corrected chi connectivity index (χ3v) is 6.23. The fourth-order valence-electron chi connectivity index (χ4n) is 4.20. The predicted molar refractivity (Wildman–Crippen MR) is 140 cm³/mol.